The molecule has 2 atom stereocenters. The summed E-state index contributed by atoms with van der Waals surface area (Å²) >= 11 is 0. The monoisotopic (exact) mass is 406 g/mol. The molecule has 0 radical (unpaired) electrons. The topological polar surface area (TPSA) is 89.2 Å². The van der Waals surface area contributed by atoms with Gasteiger partial charge in [0.15, 0.2) is 0 Å². The van der Waals surface area contributed by atoms with E-state index in [2.05, 4.69) is 15.7 Å². The fraction of sp³-hybridized carbons (Fsp3) is 0.348. The maximum Gasteiger partial charge on any atom is 0.220 e. The molecule has 156 valence electrons. The summed E-state index contributed by atoms with van der Waals surface area (Å²) in [4.78, 5) is 24.5. The highest BCUT2D eigenvalue weighted by Crippen LogP contribution is 2.30. The van der Waals surface area contributed by atoms with Crippen molar-refractivity contribution in [3.05, 3.63) is 72.4 Å². The number of aromatic nitrogens is 2. The minimum absolute atomic E-state index is 0.0312. The number of para-hydroxylation sites is 1. The number of carbonyl (C=O) groups is 2. The van der Waals surface area contributed by atoms with Crippen molar-refractivity contribution in [3.8, 4) is 5.69 Å². The van der Waals surface area contributed by atoms with Gasteiger partial charge in [-0.05, 0) is 44.0 Å². The summed E-state index contributed by atoms with van der Waals surface area (Å²) in [6, 6.07) is 13.4. The molecular formula is C23H26N4O3. The van der Waals surface area contributed by atoms with E-state index >= 15 is 0 Å². The van der Waals surface area contributed by atoms with Crippen molar-refractivity contribution in [1.82, 2.24) is 20.4 Å². The van der Waals surface area contributed by atoms with E-state index < -0.39 is 5.54 Å². The van der Waals surface area contributed by atoms with Crippen LogP contribution in [-0.4, -0.2) is 27.1 Å². The van der Waals surface area contributed by atoms with Gasteiger partial charge in [-0.1, -0.05) is 18.2 Å². The molecule has 2 amide bonds. The van der Waals surface area contributed by atoms with Crippen LogP contribution in [0.25, 0.3) is 5.69 Å². The zero-order valence-corrected chi connectivity index (χ0v) is 17.0. The van der Waals surface area contributed by atoms with Gasteiger partial charge in [-0.2, -0.15) is 5.10 Å². The number of hydrogen-bond acceptors (Lipinski definition) is 4. The minimum atomic E-state index is -0.423. The van der Waals surface area contributed by atoms with Crippen LogP contribution in [0.15, 0.2) is 65.5 Å². The highest BCUT2D eigenvalue weighted by atomic mass is 16.3. The highest BCUT2D eigenvalue weighted by Gasteiger charge is 2.38. The fourth-order valence-electron chi connectivity index (χ4n) is 3.96. The summed E-state index contributed by atoms with van der Waals surface area (Å²) in [5.74, 6) is 0.804. The molecule has 0 bridgehead atoms. The molecule has 7 heteroatoms. The lowest BCUT2D eigenvalue weighted by Crippen LogP contribution is -2.44. The molecule has 3 heterocycles. The van der Waals surface area contributed by atoms with Gasteiger partial charge in [0.1, 0.15) is 5.76 Å². The summed E-state index contributed by atoms with van der Waals surface area (Å²) < 4.78 is 7.26. The van der Waals surface area contributed by atoms with Crippen LogP contribution in [0.3, 0.4) is 0 Å². The Bertz CT molecular complexity index is 997. The van der Waals surface area contributed by atoms with Crippen LogP contribution >= 0.6 is 0 Å². The first-order chi connectivity index (χ1) is 14.5. The van der Waals surface area contributed by atoms with Crippen molar-refractivity contribution in [2.24, 2.45) is 0 Å². The lowest BCUT2D eigenvalue weighted by Gasteiger charge is -2.28. The zero-order valence-electron chi connectivity index (χ0n) is 17.0. The van der Waals surface area contributed by atoms with Gasteiger partial charge in [-0.25, -0.2) is 4.68 Å². The number of nitrogens with zero attached hydrogens (tertiary/aromatic N) is 2. The van der Waals surface area contributed by atoms with Crippen molar-refractivity contribution < 1.29 is 14.0 Å². The van der Waals surface area contributed by atoms with Gasteiger partial charge in [0.2, 0.25) is 11.8 Å². The van der Waals surface area contributed by atoms with Gasteiger partial charge in [0.25, 0.3) is 0 Å². The third-order valence-electron chi connectivity index (χ3n) is 5.66. The molecule has 0 unspecified atom stereocenters. The molecule has 1 aliphatic rings. The maximum absolute atomic E-state index is 12.6. The second-order valence-corrected chi connectivity index (χ2v) is 7.93. The molecule has 1 saturated heterocycles. The van der Waals surface area contributed by atoms with E-state index in [0.29, 0.717) is 32.1 Å². The lowest BCUT2D eigenvalue weighted by atomic mass is 9.87. The van der Waals surface area contributed by atoms with Gasteiger partial charge in [0, 0.05) is 36.6 Å². The Hall–Kier alpha value is -3.35. The average molecular weight is 406 g/mol. The number of rotatable bonds is 8. The van der Waals surface area contributed by atoms with Crippen LogP contribution in [-0.2, 0) is 16.0 Å². The molecular weight excluding hydrogens is 380 g/mol. The second-order valence-electron chi connectivity index (χ2n) is 7.93. The first-order valence-electron chi connectivity index (χ1n) is 10.3. The van der Waals surface area contributed by atoms with E-state index in [1.165, 1.54) is 0 Å². The maximum atomic E-state index is 12.6. The number of nitrogens with one attached hydrogen (secondary N) is 2. The van der Waals surface area contributed by atoms with Gasteiger partial charge < -0.3 is 15.1 Å². The van der Waals surface area contributed by atoms with E-state index in [0.717, 1.165) is 17.0 Å². The van der Waals surface area contributed by atoms with Crippen LogP contribution < -0.4 is 10.6 Å². The van der Waals surface area contributed by atoms with Crippen molar-refractivity contribution in [2.75, 3.05) is 0 Å². The van der Waals surface area contributed by atoms with Gasteiger partial charge >= 0.3 is 0 Å². The molecule has 0 spiro atoms. The highest BCUT2D eigenvalue weighted by molar-refractivity contribution is 5.80. The Kier molecular flexibility index (Phi) is 5.70. The summed E-state index contributed by atoms with van der Waals surface area (Å²) in [6.45, 7) is 1.94. The number of hydrogen-bond donors (Lipinski definition) is 2. The fourth-order valence-corrected chi connectivity index (χ4v) is 3.96. The first-order valence-corrected chi connectivity index (χ1v) is 10.3. The third kappa shape index (κ3) is 4.62. The molecule has 4 rings (SSSR count). The van der Waals surface area contributed by atoms with Gasteiger partial charge in [-0.3, -0.25) is 9.59 Å². The largest absolute Gasteiger partial charge is 0.469 e. The molecule has 30 heavy (non-hydrogen) atoms. The Labute approximate surface area is 175 Å². The number of furan rings is 1. The van der Waals surface area contributed by atoms with Gasteiger partial charge in [-0.15, -0.1) is 0 Å². The van der Waals surface area contributed by atoms with Crippen molar-refractivity contribution >= 4 is 11.8 Å². The van der Waals surface area contributed by atoms with Crippen LogP contribution in [0.4, 0.5) is 0 Å². The smallest absolute Gasteiger partial charge is 0.220 e. The zero-order chi connectivity index (χ0) is 21.0. The molecule has 1 aliphatic heterocycles. The summed E-state index contributed by atoms with van der Waals surface area (Å²) in [6.07, 6.45) is 8.02. The Balaban J connectivity index is 1.34. The Morgan fingerprint density at radius 2 is 2.13 bits per heavy atom. The van der Waals surface area contributed by atoms with Gasteiger partial charge in [0.05, 0.1) is 24.2 Å². The molecule has 2 N–H and O–H groups in total. The predicted octanol–water partition coefficient (Wildman–Crippen LogP) is 3.31. The van der Waals surface area contributed by atoms with Crippen LogP contribution in [0.1, 0.15) is 50.0 Å². The van der Waals surface area contributed by atoms with E-state index in [4.69, 9.17) is 4.42 Å². The SMILES string of the molecule is C[C@@H](NC(=O)CC[C@@]1(Cc2ccco2)CCC(=O)N1)c1cnn(-c2ccccc2)c1. The molecule has 2 aromatic heterocycles. The Morgan fingerprint density at radius 1 is 1.30 bits per heavy atom. The second kappa shape index (κ2) is 8.57. The lowest BCUT2D eigenvalue weighted by molar-refractivity contribution is -0.123. The van der Waals surface area contributed by atoms with E-state index in [-0.39, 0.29) is 17.9 Å². The average Bonchev–Trinajstić information content (AvgIpc) is 3.49. The first kappa shape index (κ1) is 19.9. The van der Waals surface area contributed by atoms with Crippen molar-refractivity contribution in [3.63, 3.8) is 0 Å². The standard InChI is InChI=1S/C23H26N4O3/c1-17(18-15-24-27(16-18)19-6-3-2-4-7-19)25-21(28)9-11-23(12-10-22(29)26-23)14-20-8-5-13-30-20/h2-8,13,15-17H,9-12,14H2,1H3,(H,25,28)(H,26,29)/t17-,23+/m1/s1. The summed E-state index contributed by atoms with van der Waals surface area (Å²) in [7, 11) is 0. The molecule has 0 aliphatic carbocycles. The normalized spacial score (nSPS) is 19.4. The molecule has 0 saturated carbocycles. The number of carbonyl (C=O) groups excluding carboxylic acids is 2. The van der Waals surface area contributed by atoms with Crippen LogP contribution in [0.5, 0.6) is 0 Å². The van der Waals surface area contributed by atoms with Crippen LogP contribution in [0, 0.1) is 0 Å². The van der Waals surface area contributed by atoms with E-state index in [1.807, 2.05) is 55.6 Å². The predicted molar refractivity (Wildman–Crippen MR) is 112 cm³/mol. The molecule has 3 aromatic rings. The van der Waals surface area contributed by atoms with E-state index in [1.54, 1.807) is 17.1 Å². The van der Waals surface area contributed by atoms with Crippen molar-refractivity contribution in [1.29, 1.82) is 0 Å². The third-order valence-corrected chi connectivity index (χ3v) is 5.66. The van der Waals surface area contributed by atoms with Crippen LogP contribution in [0.2, 0.25) is 0 Å². The Morgan fingerprint density at radius 3 is 2.83 bits per heavy atom. The number of amides is 2. The molecule has 1 fully saturated rings. The molecule has 7 nitrogen and oxygen atoms in total. The quantitative estimate of drug-likeness (QED) is 0.601. The van der Waals surface area contributed by atoms with Crippen molar-refractivity contribution in [2.45, 2.75) is 50.6 Å². The summed E-state index contributed by atoms with van der Waals surface area (Å²) in [5.41, 5.74) is 1.49. The molecule has 1 aromatic carbocycles. The minimum Gasteiger partial charge on any atom is -0.469 e. The summed E-state index contributed by atoms with van der Waals surface area (Å²) in [5, 5.41) is 10.5. The number of benzene rings is 1. The van der Waals surface area contributed by atoms with E-state index in [9.17, 15) is 9.59 Å².